The maximum absolute atomic E-state index is 10.0. The Morgan fingerprint density at radius 2 is 1.77 bits per heavy atom. The minimum absolute atomic E-state index is 0.219. The first-order valence-electron chi connectivity index (χ1n) is 12.5. The van der Waals surface area contributed by atoms with Crippen molar-refractivity contribution < 1.29 is 9.84 Å². The molecule has 202 valence electrons. The van der Waals surface area contributed by atoms with Crippen LogP contribution in [-0.2, 0) is 0 Å². The number of ether oxygens (including phenoxy) is 1. The van der Waals surface area contributed by atoms with Crippen molar-refractivity contribution in [2.75, 3.05) is 44.0 Å². The Bertz CT molecular complexity index is 1370. The summed E-state index contributed by atoms with van der Waals surface area (Å²) in [6.45, 7) is 1.26. The highest BCUT2D eigenvalue weighted by Gasteiger charge is 2.15. The van der Waals surface area contributed by atoms with E-state index in [9.17, 15) is 5.11 Å². The average Bonchev–Trinajstić information content (AvgIpc) is 2.93. The number of aliphatic hydroxyl groups is 1. The van der Waals surface area contributed by atoms with Crippen molar-refractivity contribution in [1.82, 2.24) is 14.9 Å². The summed E-state index contributed by atoms with van der Waals surface area (Å²) in [7, 11) is 3.82. The molecule has 1 aromatic heterocycles. The Labute approximate surface area is 239 Å². The van der Waals surface area contributed by atoms with Crippen LogP contribution in [0.2, 0.25) is 10.0 Å². The number of aromatic nitrogens is 2. The van der Waals surface area contributed by atoms with Gasteiger partial charge in [0.1, 0.15) is 24.3 Å². The fourth-order valence-electron chi connectivity index (χ4n) is 3.86. The largest absolute Gasteiger partial charge is 0.491 e. The van der Waals surface area contributed by atoms with Crippen molar-refractivity contribution in [3.63, 3.8) is 0 Å². The molecule has 9 heteroatoms. The fourth-order valence-corrected chi connectivity index (χ4v) is 4.24. The zero-order valence-electron chi connectivity index (χ0n) is 21.8. The molecule has 4 rings (SSSR count). The van der Waals surface area contributed by atoms with Gasteiger partial charge in [-0.25, -0.2) is 4.98 Å². The second kappa shape index (κ2) is 14.0. The lowest BCUT2D eigenvalue weighted by molar-refractivity contribution is 0.0831. The summed E-state index contributed by atoms with van der Waals surface area (Å²) < 4.78 is 5.69. The molecule has 1 unspecified atom stereocenters. The van der Waals surface area contributed by atoms with E-state index in [1.165, 1.54) is 0 Å². The molecule has 7 nitrogen and oxygen atoms in total. The number of anilines is 4. The highest BCUT2D eigenvalue weighted by molar-refractivity contribution is 6.35. The molecular formula is C30H31Cl2N5O2. The fraction of sp³-hybridized carbons (Fsp3) is 0.200. The Balaban J connectivity index is 1.50. The van der Waals surface area contributed by atoms with Gasteiger partial charge in [-0.3, -0.25) is 0 Å². The topological polar surface area (TPSA) is 73.8 Å². The summed E-state index contributed by atoms with van der Waals surface area (Å²) >= 11 is 12.9. The molecule has 0 spiro atoms. The lowest BCUT2D eigenvalue weighted by Crippen LogP contribution is -2.30. The van der Waals surface area contributed by atoms with E-state index in [1.54, 1.807) is 18.3 Å². The molecule has 0 fully saturated rings. The second-order valence-corrected chi connectivity index (χ2v) is 9.98. The first-order valence-corrected chi connectivity index (χ1v) is 13.2. The van der Waals surface area contributed by atoms with Crippen LogP contribution < -0.4 is 15.0 Å². The number of nitrogens with one attached hydrogen (secondary N) is 1. The van der Waals surface area contributed by atoms with Gasteiger partial charge in [0, 0.05) is 30.0 Å². The van der Waals surface area contributed by atoms with Crippen molar-refractivity contribution in [2.24, 2.45) is 0 Å². The molecule has 1 atom stereocenters. The minimum atomic E-state index is -0.563. The van der Waals surface area contributed by atoms with E-state index < -0.39 is 6.10 Å². The van der Waals surface area contributed by atoms with Gasteiger partial charge in [-0.2, -0.15) is 4.98 Å². The highest BCUT2D eigenvalue weighted by Crippen LogP contribution is 2.34. The maximum atomic E-state index is 10.0. The third-order valence-corrected chi connectivity index (χ3v) is 6.20. The van der Waals surface area contributed by atoms with Crippen LogP contribution in [0.1, 0.15) is 5.56 Å². The summed E-state index contributed by atoms with van der Waals surface area (Å²) in [6, 6.07) is 24.7. The van der Waals surface area contributed by atoms with Gasteiger partial charge in [0.2, 0.25) is 5.95 Å². The Morgan fingerprint density at radius 3 is 2.51 bits per heavy atom. The Morgan fingerprint density at radius 1 is 1.00 bits per heavy atom. The van der Waals surface area contributed by atoms with Gasteiger partial charge in [0.25, 0.3) is 0 Å². The van der Waals surface area contributed by atoms with Gasteiger partial charge in [-0.1, -0.05) is 65.7 Å². The molecule has 0 aliphatic heterocycles. The van der Waals surface area contributed by atoms with E-state index in [2.05, 4.69) is 22.5 Å². The molecule has 3 aromatic carbocycles. The van der Waals surface area contributed by atoms with Gasteiger partial charge in [-0.15, -0.1) is 0 Å². The van der Waals surface area contributed by atoms with Crippen LogP contribution in [0.15, 0.2) is 91.1 Å². The van der Waals surface area contributed by atoms with Crippen molar-refractivity contribution in [2.45, 2.75) is 6.10 Å². The predicted octanol–water partition coefficient (Wildman–Crippen LogP) is 6.68. The Hall–Kier alpha value is -3.62. The molecule has 0 aliphatic carbocycles. The van der Waals surface area contributed by atoms with Gasteiger partial charge in [-0.05, 0) is 68.2 Å². The van der Waals surface area contributed by atoms with Gasteiger partial charge in [0.05, 0.1) is 10.7 Å². The van der Waals surface area contributed by atoms with E-state index in [0.29, 0.717) is 40.7 Å². The number of hydrogen-bond donors (Lipinski definition) is 2. The summed E-state index contributed by atoms with van der Waals surface area (Å²) in [5.74, 6) is 1.75. The number of nitrogens with zero attached hydrogens (tertiary/aromatic N) is 4. The van der Waals surface area contributed by atoms with Crippen LogP contribution >= 0.6 is 23.2 Å². The molecule has 0 aliphatic rings. The lowest BCUT2D eigenvalue weighted by atomic mass is 10.2. The number of hydrogen-bond acceptors (Lipinski definition) is 7. The standard InChI is InChI=1S/C30H31Cl2N5O2/c1-36(2)20-25(38)21-39-26-13-11-24(12-14-26)34-30-33-17-16-29(35-30)37(28-19-23(31)10-15-27(28)32)18-6-9-22-7-4-3-5-8-22/h3-17,19,25,38H,18,20-21H2,1-2H3,(H,33,34,35)/b9-6+. The summed E-state index contributed by atoms with van der Waals surface area (Å²) in [6.07, 6.45) is 5.23. The van der Waals surface area contributed by atoms with Gasteiger partial charge < -0.3 is 25.0 Å². The predicted molar refractivity (Wildman–Crippen MR) is 161 cm³/mol. The van der Waals surface area contributed by atoms with E-state index in [4.69, 9.17) is 32.9 Å². The molecule has 0 amide bonds. The molecule has 2 N–H and O–H groups in total. The molecule has 0 radical (unpaired) electrons. The highest BCUT2D eigenvalue weighted by atomic mass is 35.5. The molecular weight excluding hydrogens is 533 g/mol. The van der Waals surface area contributed by atoms with Crippen molar-refractivity contribution in [3.8, 4) is 5.75 Å². The SMILES string of the molecule is CN(C)CC(O)COc1ccc(Nc2nccc(N(C/C=C/c3ccccc3)c3cc(Cl)ccc3Cl)n2)cc1. The third-order valence-electron chi connectivity index (χ3n) is 5.64. The summed E-state index contributed by atoms with van der Waals surface area (Å²) in [5.41, 5.74) is 2.63. The maximum Gasteiger partial charge on any atom is 0.229 e. The van der Waals surface area contributed by atoms with Gasteiger partial charge >= 0.3 is 0 Å². The molecule has 0 bridgehead atoms. The van der Waals surface area contributed by atoms with E-state index in [1.807, 2.05) is 90.6 Å². The first-order chi connectivity index (χ1) is 18.9. The molecule has 1 heterocycles. The van der Waals surface area contributed by atoms with Crippen LogP contribution in [-0.4, -0.2) is 59.9 Å². The van der Waals surface area contributed by atoms with Crippen molar-refractivity contribution in [1.29, 1.82) is 0 Å². The molecule has 0 saturated heterocycles. The number of likely N-dealkylation sites (N-methyl/N-ethyl adjacent to an activating group) is 1. The molecule has 4 aromatic rings. The zero-order chi connectivity index (χ0) is 27.6. The van der Waals surface area contributed by atoms with Crippen molar-refractivity contribution >= 4 is 52.4 Å². The van der Waals surface area contributed by atoms with Crippen LogP contribution in [0.5, 0.6) is 5.75 Å². The molecule has 0 saturated carbocycles. The quantitative estimate of drug-likeness (QED) is 0.199. The molecule has 39 heavy (non-hydrogen) atoms. The monoisotopic (exact) mass is 563 g/mol. The summed E-state index contributed by atoms with van der Waals surface area (Å²) in [5, 5.41) is 14.4. The normalized spacial score (nSPS) is 12.1. The van der Waals surface area contributed by atoms with E-state index >= 15 is 0 Å². The average molecular weight is 565 g/mol. The van der Waals surface area contributed by atoms with E-state index in [0.717, 1.165) is 16.9 Å². The van der Waals surface area contributed by atoms with Crippen LogP contribution in [0, 0.1) is 0 Å². The number of rotatable bonds is 12. The van der Waals surface area contributed by atoms with Crippen LogP contribution in [0.3, 0.4) is 0 Å². The second-order valence-electron chi connectivity index (χ2n) is 9.13. The van der Waals surface area contributed by atoms with Crippen LogP contribution in [0.4, 0.5) is 23.1 Å². The zero-order valence-corrected chi connectivity index (χ0v) is 23.3. The minimum Gasteiger partial charge on any atom is -0.491 e. The summed E-state index contributed by atoms with van der Waals surface area (Å²) in [4.78, 5) is 13.0. The van der Waals surface area contributed by atoms with Crippen molar-refractivity contribution in [3.05, 3.63) is 107 Å². The number of aliphatic hydroxyl groups excluding tert-OH is 1. The lowest BCUT2D eigenvalue weighted by Gasteiger charge is -2.24. The number of benzene rings is 3. The van der Waals surface area contributed by atoms with Crippen LogP contribution in [0.25, 0.3) is 6.08 Å². The number of halogens is 2. The first kappa shape index (κ1) is 28.4. The van der Waals surface area contributed by atoms with E-state index in [-0.39, 0.29) is 6.61 Å². The smallest absolute Gasteiger partial charge is 0.229 e. The third kappa shape index (κ3) is 8.70. The Kier molecular flexibility index (Phi) is 10.2. The van der Waals surface area contributed by atoms with Gasteiger partial charge in [0.15, 0.2) is 0 Å².